The van der Waals surface area contributed by atoms with Gasteiger partial charge in [-0.05, 0) is 40.2 Å². The maximum Gasteiger partial charge on any atom is 0.334 e. The largest absolute Gasteiger partial charge is 0.469 e. The van der Waals surface area contributed by atoms with Crippen LogP contribution in [0.2, 0.25) is 0 Å². The van der Waals surface area contributed by atoms with Crippen molar-refractivity contribution < 1.29 is 28.2 Å². The van der Waals surface area contributed by atoms with Gasteiger partial charge >= 0.3 is 11.9 Å². The molecule has 0 aromatic carbocycles. The normalized spacial score (nSPS) is 36.7. The van der Waals surface area contributed by atoms with Gasteiger partial charge in [0.1, 0.15) is 23.6 Å². The lowest BCUT2D eigenvalue weighted by Gasteiger charge is -2.52. The van der Waals surface area contributed by atoms with Crippen molar-refractivity contribution in [3.8, 4) is 0 Å². The molecule has 31 heavy (non-hydrogen) atoms. The average molecular weight is 429 g/mol. The van der Waals surface area contributed by atoms with Gasteiger partial charge in [-0.1, -0.05) is 26.0 Å². The molecule has 0 amide bonds. The second-order valence-corrected chi connectivity index (χ2v) is 9.41. The van der Waals surface area contributed by atoms with Crippen molar-refractivity contribution in [2.24, 2.45) is 11.3 Å². The maximum atomic E-state index is 12.9. The maximum absolute atomic E-state index is 12.9. The molecule has 0 radical (unpaired) electrons. The molecule has 0 N–H and O–H groups in total. The number of allylic oxidation sites excluding steroid dienone is 2. The van der Waals surface area contributed by atoms with Gasteiger partial charge in [-0.25, -0.2) is 9.59 Å². The third kappa shape index (κ3) is 3.02. The first-order valence-corrected chi connectivity index (χ1v) is 11.0. The van der Waals surface area contributed by atoms with Crippen LogP contribution < -0.4 is 0 Å². The number of esters is 2. The Bertz CT molecular complexity index is 984. The van der Waals surface area contributed by atoms with E-state index in [2.05, 4.69) is 13.8 Å². The summed E-state index contributed by atoms with van der Waals surface area (Å²) in [5.41, 5.74) is 1.94. The van der Waals surface area contributed by atoms with Crippen LogP contribution in [-0.4, -0.2) is 29.7 Å². The van der Waals surface area contributed by atoms with E-state index in [4.69, 9.17) is 18.6 Å². The highest BCUT2D eigenvalue weighted by Crippen LogP contribution is 2.70. The van der Waals surface area contributed by atoms with Crippen molar-refractivity contribution in [1.29, 1.82) is 0 Å². The molecule has 6 atom stereocenters. The number of carbonyl (C=O) groups is 2. The summed E-state index contributed by atoms with van der Waals surface area (Å²) in [6.45, 7) is 13.3. The van der Waals surface area contributed by atoms with E-state index in [0.29, 0.717) is 24.0 Å². The van der Waals surface area contributed by atoms with E-state index in [-0.39, 0.29) is 30.1 Å². The number of aryl methyl sites for hydroxylation is 1. The summed E-state index contributed by atoms with van der Waals surface area (Å²) in [6.07, 6.45) is 5.53. The quantitative estimate of drug-likeness (QED) is 0.391. The van der Waals surface area contributed by atoms with Crippen LogP contribution in [0.3, 0.4) is 0 Å². The fourth-order valence-electron chi connectivity index (χ4n) is 5.46. The molecule has 1 aromatic rings. The molecular formula is C25H32O6. The Morgan fingerprint density at radius 2 is 1.74 bits per heavy atom. The first-order valence-electron chi connectivity index (χ1n) is 11.0. The lowest BCUT2D eigenvalue weighted by Crippen LogP contribution is -2.59. The van der Waals surface area contributed by atoms with Gasteiger partial charge in [-0.2, -0.15) is 0 Å². The van der Waals surface area contributed by atoms with Crippen molar-refractivity contribution in [1.82, 2.24) is 0 Å². The first-order chi connectivity index (χ1) is 14.6. The predicted octanol–water partition coefficient (Wildman–Crippen LogP) is 4.76. The summed E-state index contributed by atoms with van der Waals surface area (Å²) < 4.78 is 24.3. The van der Waals surface area contributed by atoms with Crippen LogP contribution in [0.25, 0.3) is 0 Å². The Labute approximate surface area is 183 Å². The van der Waals surface area contributed by atoms with Crippen molar-refractivity contribution in [2.75, 3.05) is 0 Å². The van der Waals surface area contributed by atoms with E-state index in [1.165, 1.54) is 0 Å². The van der Waals surface area contributed by atoms with Crippen LogP contribution >= 0.6 is 0 Å². The minimum atomic E-state index is -0.573. The second kappa shape index (κ2) is 7.37. The van der Waals surface area contributed by atoms with Gasteiger partial charge in [0.2, 0.25) is 0 Å². The van der Waals surface area contributed by atoms with Crippen molar-refractivity contribution in [3.63, 3.8) is 0 Å². The molecule has 1 saturated heterocycles. The number of rotatable bonds is 4. The van der Waals surface area contributed by atoms with Crippen LogP contribution in [0.5, 0.6) is 0 Å². The summed E-state index contributed by atoms with van der Waals surface area (Å²) in [4.78, 5) is 25.4. The number of ether oxygens (including phenoxy) is 3. The predicted molar refractivity (Wildman–Crippen MR) is 114 cm³/mol. The fourth-order valence-corrected chi connectivity index (χ4v) is 5.46. The van der Waals surface area contributed by atoms with Gasteiger partial charge in [0.05, 0.1) is 12.4 Å². The van der Waals surface area contributed by atoms with E-state index in [0.717, 1.165) is 16.9 Å². The van der Waals surface area contributed by atoms with E-state index in [1.54, 1.807) is 32.3 Å². The van der Waals surface area contributed by atoms with E-state index >= 15 is 0 Å². The lowest BCUT2D eigenvalue weighted by molar-refractivity contribution is -0.179. The van der Waals surface area contributed by atoms with Gasteiger partial charge in [-0.3, -0.25) is 0 Å². The molecule has 6 heteroatoms. The first kappa shape index (κ1) is 21.9. The molecule has 1 saturated carbocycles. The van der Waals surface area contributed by atoms with Crippen LogP contribution in [0, 0.1) is 18.3 Å². The van der Waals surface area contributed by atoms with Crippen molar-refractivity contribution >= 4 is 11.9 Å². The Morgan fingerprint density at radius 3 is 2.35 bits per heavy atom. The molecule has 1 aliphatic heterocycles. The number of furan rings is 1. The monoisotopic (exact) mass is 428 g/mol. The smallest absolute Gasteiger partial charge is 0.334 e. The highest BCUT2D eigenvalue weighted by Gasteiger charge is 2.78. The Morgan fingerprint density at radius 1 is 1.13 bits per heavy atom. The fraction of sp³-hybridized carbons (Fsp3) is 0.600. The topological polar surface area (TPSA) is 78.3 Å². The number of carbonyl (C=O) groups excluding carboxylic acids is 2. The van der Waals surface area contributed by atoms with Crippen LogP contribution in [0.4, 0.5) is 0 Å². The molecule has 1 aromatic heterocycles. The highest BCUT2D eigenvalue weighted by molar-refractivity contribution is 5.88. The third-order valence-electron chi connectivity index (χ3n) is 8.00. The molecule has 4 rings (SSSR count). The zero-order chi connectivity index (χ0) is 22.7. The third-order valence-corrected chi connectivity index (χ3v) is 8.00. The second-order valence-electron chi connectivity index (χ2n) is 9.41. The molecule has 168 valence electrons. The SMILES string of the molecule is CC=C(C)C(=O)O[C@H]1C[C@H]2O[C@]23Cc2occ(C)c2[C@@H](OC(=O)C(C)=CC)[C@]3(C)[C@@H]1C. The van der Waals surface area contributed by atoms with Crippen LogP contribution in [0.1, 0.15) is 71.0 Å². The van der Waals surface area contributed by atoms with Gasteiger partial charge < -0.3 is 18.6 Å². The molecule has 0 bridgehead atoms. The van der Waals surface area contributed by atoms with Gasteiger partial charge in [-0.15, -0.1) is 0 Å². The lowest BCUT2D eigenvalue weighted by atomic mass is 9.53. The number of hydrogen-bond donors (Lipinski definition) is 0. The Balaban J connectivity index is 1.76. The molecular weight excluding hydrogens is 396 g/mol. The summed E-state index contributed by atoms with van der Waals surface area (Å²) in [5, 5.41) is 0. The molecule has 1 spiro atoms. The van der Waals surface area contributed by atoms with Crippen LogP contribution in [0.15, 0.2) is 34.0 Å². The zero-order valence-corrected chi connectivity index (χ0v) is 19.4. The molecule has 3 aliphatic rings. The molecule has 6 nitrogen and oxygen atoms in total. The summed E-state index contributed by atoms with van der Waals surface area (Å²) >= 11 is 0. The number of fused-ring (bicyclic) bond motifs is 1. The van der Waals surface area contributed by atoms with Crippen LogP contribution in [-0.2, 0) is 30.2 Å². The molecule has 2 aliphatic carbocycles. The van der Waals surface area contributed by atoms with Gasteiger partial charge in [0.25, 0.3) is 0 Å². The van der Waals surface area contributed by atoms with Gasteiger partial charge in [0.15, 0.2) is 0 Å². The van der Waals surface area contributed by atoms with Crippen molar-refractivity contribution in [2.45, 2.75) is 85.2 Å². The van der Waals surface area contributed by atoms with E-state index in [1.807, 2.05) is 20.8 Å². The molecule has 2 fully saturated rings. The standard InChI is InChI=1S/C25H32O6/c1-8-13(3)22(26)29-17-10-19-25(31-19)11-18-20(15(5)12-28-18)21(24(25,7)16(17)6)30-23(27)14(4)9-2/h8-9,12,16-17,19,21H,10-11H2,1-7H3/t16-,17+,19-,21-,24+,25-/m1/s1. The Hall–Kier alpha value is -2.34. The van der Waals surface area contributed by atoms with Gasteiger partial charge in [0, 0.05) is 40.9 Å². The zero-order valence-electron chi connectivity index (χ0n) is 19.4. The minimum absolute atomic E-state index is 0.0695. The van der Waals surface area contributed by atoms with E-state index < -0.39 is 17.1 Å². The molecule has 0 unspecified atom stereocenters. The minimum Gasteiger partial charge on any atom is -0.469 e. The van der Waals surface area contributed by atoms with Crippen molar-refractivity contribution in [3.05, 3.63) is 46.4 Å². The number of epoxide rings is 1. The summed E-state index contributed by atoms with van der Waals surface area (Å²) in [6, 6.07) is 0. The summed E-state index contributed by atoms with van der Waals surface area (Å²) in [5.74, 6) is 0.0582. The highest BCUT2D eigenvalue weighted by atomic mass is 16.6. The number of hydrogen-bond acceptors (Lipinski definition) is 6. The molecule has 2 heterocycles. The summed E-state index contributed by atoms with van der Waals surface area (Å²) in [7, 11) is 0. The average Bonchev–Trinajstić information content (AvgIpc) is 3.34. The van der Waals surface area contributed by atoms with E-state index in [9.17, 15) is 9.59 Å². The Kier molecular flexibility index (Phi) is 5.20.